The van der Waals surface area contributed by atoms with E-state index in [2.05, 4.69) is 0 Å². The third-order valence-corrected chi connectivity index (χ3v) is 3.62. The second-order valence-electron chi connectivity index (χ2n) is 3.76. The number of carbonyl (C=O) groups is 1. The summed E-state index contributed by atoms with van der Waals surface area (Å²) in [6, 6.07) is 5.68. The van der Waals surface area contributed by atoms with Gasteiger partial charge in [0.25, 0.3) is 5.91 Å². The number of rotatable bonds is 3. The Hall–Kier alpha value is -1.20. The number of thioether (sulfide) groups is 1. The molecule has 0 aliphatic carbocycles. The third-order valence-electron chi connectivity index (χ3n) is 2.58. The maximum absolute atomic E-state index is 12.0. The van der Waals surface area contributed by atoms with Gasteiger partial charge in [-0.2, -0.15) is 0 Å². The number of anilines is 2. The van der Waals surface area contributed by atoms with Crippen molar-refractivity contribution in [2.75, 3.05) is 36.1 Å². The van der Waals surface area contributed by atoms with Gasteiger partial charge in [-0.05, 0) is 25.1 Å². The summed E-state index contributed by atoms with van der Waals surface area (Å²) in [5.41, 5.74) is 7.36. The summed E-state index contributed by atoms with van der Waals surface area (Å²) in [6.07, 6.45) is 0. The second kappa shape index (κ2) is 5.42. The maximum atomic E-state index is 12.0. The lowest BCUT2D eigenvalue weighted by molar-refractivity contribution is -0.122. The minimum atomic E-state index is -0.000926. The zero-order valence-electron chi connectivity index (χ0n) is 9.81. The molecule has 1 aromatic rings. The molecule has 0 saturated heterocycles. The molecule has 1 aromatic carbocycles. The van der Waals surface area contributed by atoms with Crippen LogP contribution < -0.4 is 10.6 Å². The van der Waals surface area contributed by atoms with Crippen LogP contribution in [0.2, 0.25) is 0 Å². The van der Waals surface area contributed by atoms with Gasteiger partial charge in [-0.1, -0.05) is 0 Å². The van der Waals surface area contributed by atoms with E-state index in [4.69, 9.17) is 10.5 Å². The Morgan fingerprint density at radius 3 is 3.18 bits per heavy atom. The van der Waals surface area contributed by atoms with Crippen LogP contribution in [0.25, 0.3) is 0 Å². The fourth-order valence-corrected chi connectivity index (χ4v) is 2.74. The average Bonchev–Trinajstić information content (AvgIpc) is 2.35. The van der Waals surface area contributed by atoms with Crippen LogP contribution in [-0.2, 0) is 9.53 Å². The van der Waals surface area contributed by atoms with Crippen molar-refractivity contribution in [2.45, 2.75) is 11.8 Å². The molecule has 1 heterocycles. The van der Waals surface area contributed by atoms with Crippen LogP contribution in [0.15, 0.2) is 23.1 Å². The Bertz CT molecular complexity index is 423. The number of hydrogen-bond acceptors (Lipinski definition) is 4. The smallest absolute Gasteiger partial charge is 0.253 e. The number of hydrogen-bond donors (Lipinski definition) is 1. The molecule has 1 aliphatic rings. The Morgan fingerprint density at radius 2 is 2.41 bits per heavy atom. The molecule has 1 aliphatic heterocycles. The molecule has 0 unspecified atom stereocenters. The Balaban J connectivity index is 2.21. The highest BCUT2D eigenvalue weighted by Crippen LogP contribution is 2.35. The van der Waals surface area contributed by atoms with Crippen molar-refractivity contribution in [2.24, 2.45) is 0 Å². The fourth-order valence-electron chi connectivity index (χ4n) is 1.76. The van der Waals surface area contributed by atoms with Crippen LogP contribution in [0.1, 0.15) is 6.92 Å². The first-order valence-electron chi connectivity index (χ1n) is 5.63. The Labute approximate surface area is 105 Å². The van der Waals surface area contributed by atoms with Crippen LogP contribution in [0, 0.1) is 0 Å². The fraction of sp³-hybridized carbons (Fsp3) is 0.417. The molecule has 5 heteroatoms. The van der Waals surface area contributed by atoms with E-state index >= 15 is 0 Å². The average molecular weight is 252 g/mol. The molecule has 1 amide bonds. The van der Waals surface area contributed by atoms with Crippen LogP contribution >= 0.6 is 11.8 Å². The highest BCUT2D eigenvalue weighted by atomic mass is 32.2. The largest absolute Gasteiger partial charge is 0.399 e. The van der Waals surface area contributed by atoms with Crippen molar-refractivity contribution in [3.63, 3.8) is 0 Å². The van der Waals surface area contributed by atoms with Crippen LogP contribution in [0.3, 0.4) is 0 Å². The number of amides is 1. The van der Waals surface area contributed by atoms with Crippen LogP contribution in [0.4, 0.5) is 11.4 Å². The molecule has 0 fully saturated rings. The topological polar surface area (TPSA) is 55.6 Å². The van der Waals surface area contributed by atoms with E-state index in [0.717, 1.165) is 16.3 Å². The molecule has 4 nitrogen and oxygen atoms in total. The van der Waals surface area contributed by atoms with Crippen LogP contribution in [0.5, 0.6) is 0 Å². The minimum absolute atomic E-state index is 0.000926. The monoisotopic (exact) mass is 252 g/mol. The van der Waals surface area contributed by atoms with Gasteiger partial charge in [-0.3, -0.25) is 4.79 Å². The lowest BCUT2D eigenvalue weighted by Gasteiger charge is -2.29. The van der Waals surface area contributed by atoms with Gasteiger partial charge in [0.1, 0.15) is 6.61 Å². The molecular formula is C12H16N2O2S. The number of fused-ring (bicyclic) bond motifs is 1. The van der Waals surface area contributed by atoms with E-state index in [1.165, 1.54) is 0 Å². The molecule has 2 N–H and O–H groups in total. The first-order chi connectivity index (χ1) is 8.22. The van der Waals surface area contributed by atoms with Gasteiger partial charge in [0.2, 0.25) is 0 Å². The zero-order chi connectivity index (χ0) is 12.3. The van der Waals surface area contributed by atoms with E-state index < -0.39 is 0 Å². The second-order valence-corrected chi connectivity index (χ2v) is 4.89. The van der Waals surface area contributed by atoms with Crippen molar-refractivity contribution in [1.82, 2.24) is 0 Å². The number of nitrogens with two attached hydrogens (primary N) is 1. The molecular weight excluding hydrogens is 236 g/mol. The zero-order valence-corrected chi connectivity index (χ0v) is 10.6. The normalized spacial score (nSPS) is 14.5. The van der Waals surface area contributed by atoms with Gasteiger partial charge < -0.3 is 15.4 Å². The predicted molar refractivity (Wildman–Crippen MR) is 70.4 cm³/mol. The number of nitrogens with zero attached hydrogens (tertiary/aromatic N) is 1. The number of ether oxygens (including phenoxy) is 1. The molecule has 0 spiro atoms. The van der Waals surface area contributed by atoms with Crippen molar-refractivity contribution >= 4 is 29.0 Å². The first kappa shape index (κ1) is 12.3. The van der Waals surface area contributed by atoms with Gasteiger partial charge >= 0.3 is 0 Å². The van der Waals surface area contributed by atoms with E-state index in [-0.39, 0.29) is 12.5 Å². The van der Waals surface area contributed by atoms with E-state index in [0.29, 0.717) is 18.8 Å². The molecule has 92 valence electrons. The molecule has 0 radical (unpaired) electrons. The molecule has 0 atom stereocenters. The highest BCUT2D eigenvalue weighted by molar-refractivity contribution is 7.99. The van der Waals surface area contributed by atoms with E-state index in [1.807, 2.05) is 25.1 Å². The lowest BCUT2D eigenvalue weighted by Crippen LogP contribution is -2.38. The van der Waals surface area contributed by atoms with Gasteiger partial charge in [-0.15, -0.1) is 11.8 Å². The predicted octanol–water partition coefficient (Wildman–Crippen LogP) is 1.74. The summed E-state index contributed by atoms with van der Waals surface area (Å²) < 4.78 is 5.16. The quantitative estimate of drug-likeness (QED) is 0.833. The van der Waals surface area contributed by atoms with E-state index in [1.54, 1.807) is 16.7 Å². The van der Waals surface area contributed by atoms with Gasteiger partial charge in [0.05, 0.1) is 5.69 Å². The van der Waals surface area contributed by atoms with Crippen molar-refractivity contribution < 1.29 is 9.53 Å². The van der Waals surface area contributed by atoms with Crippen LogP contribution in [-0.4, -0.2) is 31.4 Å². The van der Waals surface area contributed by atoms with Gasteiger partial charge in [-0.25, -0.2) is 0 Å². The highest BCUT2D eigenvalue weighted by Gasteiger charge is 2.22. The van der Waals surface area contributed by atoms with Crippen molar-refractivity contribution in [3.05, 3.63) is 18.2 Å². The molecule has 17 heavy (non-hydrogen) atoms. The first-order valence-corrected chi connectivity index (χ1v) is 6.61. The van der Waals surface area contributed by atoms with Gasteiger partial charge in [0, 0.05) is 29.5 Å². The summed E-state index contributed by atoms with van der Waals surface area (Å²) in [5.74, 6) is 0.911. The summed E-state index contributed by atoms with van der Waals surface area (Å²) in [7, 11) is 0. The summed E-state index contributed by atoms with van der Waals surface area (Å²) in [6.45, 7) is 3.28. The minimum Gasteiger partial charge on any atom is -0.399 e. The van der Waals surface area contributed by atoms with E-state index in [9.17, 15) is 4.79 Å². The molecule has 0 aromatic heterocycles. The summed E-state index contributed by atoms with van der Waals surface area (Å²) in [4.78, 5) is 14.9. The van der Waals surface area contributed by atoms with Crippen molar-refractivity contribution in [3.8, 4) is 0 Å². The summed E-state index contributed by atoms with van der Waals surface area (Å²) >= 11 is 1.75. The SMILES string of the molecule is CCOCC(=O)N1CCSc2ccc(N)cc21. The van der Waals surface area contributed by atoms with Gasteiger partial charge in [0.15, 0.2) is 0 Å². The standard InChI is InChI=1S/C12H16N2O2S/c1-2-16-8-12(15)14-5-6-17-11-4-3-9(13)7-10(11)14/h3-4,7H,2,5-6,8,13H2,1H3. The Morgan fingerprint density at radius 1 is 1.59 bits per heavy atom. The summed E-state index contributed by atoms with van der Waals surface area (Å²) in [5, 5.41) is 0. The lowest BCUT2D eigenvalue weighted by atomic mass is 10.2. The maximum Gasteiger partial charge on any atom is 0.253 e. The third kappa shape index (κ3) is 2.73. The van der Waals surface area contributed by atoms with Crippen molar-refractivity contribution in [1.29, 1.82) is 0 Å². The molecule has 0 bridgehead atoms. The number of benzene rings is 1. The molecule has 0 saturated carbocycles. The number of nitrogen functional groups attached to an aromatic ring is 1. The molecule has 2 rings (SSSR count). The Kier molecular flexibility index (Phi) is 3.91. The number of carbonyl (C=O) groups excluding carboxylic acids is 1.